The molecule has 0 saturated heterocycles. The monoisotopic (exact) mass is 398 g/mol. The van der Waals surface area contributed by atoms with E-state index in [1.165, 1.54) is 18.9 Å². The summed E-state index contributed by atoms with van der Waals surface area (Å²) in [5.41, 5.74) is 1.88. The highest BCUT2D eigenvalue weighted by Gasteiger charge is 2.43. The maximum atomic E-state index is 13.0. The zero-order valence-electron chi connectivity index (χ0n) is 16.0. The number of carbonyl (C=O) groups excluding carboxylic acids is 3. The predicted octanol–water partition coefficient (Wildman–Crippen LogP) is 3.47. The summed E-state index contributed by atoms with van der Waals surface area (Å²) in [5.74, 6) is 0.157. The highest BCUT2D eigenvalue weighted by Crippen LogP contribution is 2.37. The number of carbonyl (C=O) groups is 3. The first-order valence-electron chi connectivity index (χ1n) is 8.83. The van der Waals surface area contributed by atoms with Crippen molar-refractivity contribution >= 4 is 40.9 Å². The number of esters is 1. The quantitative estimate of drug-likeness (QED) is 0.781. The molecule has 0 bridgehead atoms. The average Bonchev–Trinajstić information content (AvgIpc) is 2.68. The van der Waals surface area contributed by atoms with Gasteiger partial charge in [-0.25, -0.2) is 4.79 Å². The van der Waals surface area contributed by atoms with E-state index in [2.05, 4.69) is 10.1 Å². The van der Waals surface area contributed by atoms with Crippen LogP contribution in [0, 0.1) is 0 Å². The second-order valence-electron chi connectivity index (χ2n) is 6.94. The van der Waals surface area contributed by atoms with Crippen molar-refractivity contribution in [2.24, 2.45) is 0 Å². The third-order valence-corrected chi connectivity index (χ3v) is 5.62. The molecule has 7 heteroatoms. The van der Waals surface area contributed by atoms with E-state index in [9.17, 15) is 14.4 Å². The summed E-state index contributed by atoms with van der Waals surface area (Å²) in [4.78, 5) is 38.5. The van der Waals surface area contributed by atoms with Gasteiger partial charge >= 0.3 is 5.97 Å². The Bertz CT molecular complexity index is 909. The van der Waals surface area contributed by atoms with Gasteiger partial charge in [0, 0.05) is 5.75 Å². The molecule has 0 atom stereocenters. The second-order valence-corrected chi connectivity index (χ2v) is 7.93. The zero-order chi connectivity index (χ0) is 20.3. The van der Waals surface area contributed by atoms with Crippen molar-refractivity contribution in [3.05, 3.63) is 59.7 Å². The maximum Gasteiger partial charge on any atom is 0.337 e. The summed E-state index contributed by atoms with van der Waals surface area (Å²) in [6.07, 6.45) is 0. The molecule has 0 saturated carbocycles. The lowest BCUT2D eigenvalue weighted by Gasteiger charge is -2.42. The fourth-order valence-corrected chi connectivity index (χ4v) is 3.91. The topological polar surface area (TPSA) is 75.7 Å². The summed E-state index contributed by atoms with van der Waals surface area (Å²) in [5, 5.41) is 2.86. The minimum Gasteiger partial charge on any atom is -0.465 e. The van der Waals surface area contributed by atoms with Crippen molar-refractivity contribution < 1.29 is 19.1 Å². The first-order chi connectivity index (χ1) is 13.3. The van der Waals surface area contributed by atoms with Gasteiger partial charge in [0.15, 0.2) is 0 Å². The summed E-state index contributed by atoms with van der Waals surface area (Å²) in [6, 6.07) is 14.4. The van der Waals surface area contributed by atoms with Gasteiger partial charge in [-0.1, -0.05) is 24.3 Å². The zero-order valence-corrected chi connectivity index (χ0v) is 16.8. The van der Waals surface area contributed by atoms with Crippen LogP contribution in [0.1, 0.15) is 29.8 Å². The van der Waals surface area contributed by atoms with Crippen molar-refractivity contribution in [3.8, 4) is 0 Å². The molecule has 0 radical (unpaired) electrons. The minimum atomic E-state index is -0.964. The number of thioether (sulfide) groups is 1. The van der Waals surface area contributed by atoms with Gasteiger partial charge in [0.25, 0.3) is 0 Å². The third kappa shape index (κ3) is 3.89. The van der Waals surface area contributed by atoms with Gasteiger partial charge in [-0.3, -0.25) is 14.5 Å². The first kappa shape index (κ1) is 19.9. The molecule has 0 aliphatic carbocycles. The van der Waals surface area contributed by atoms with Crippen molar-refractivity contribution in [1.82, 2.24) is 0 Å². The molecule has 1 aliphatic rings. The van der Waals surface area contributed by atoms with Crippen molar-refractivity contribution in [2.75, 3.05) is 23.1 Å². The van der Waals surface area contributed by atoms with E-state index in [1.54, 1.807) is 36.9 Å². The molecule has 0 aromatic heterocycles. The fraction of sp³-hybridized carbons (Fsp3) is 0.286. The molecule has 0 spiro atoms. The number of para-hydroxylation sites is 2. The largest absolute Gasteiger partial charge is 0.465 e. The number of benzene rings is 2. The second kappa shape index (κ2) is 8.06. The van der Waals surface area contributed by atoms with Crippen LogP contribution in [-0.4, -0.2) is 36.2 Å². The van der Waals surface area contributed by atoms with Crippen LogP contribution in [0.5, 0.6) is 0 Å². The number of nitrogens with one attached hydrogen (secondary N) is 1. The lowest BCUT2D eigenvalue weighted by molar-refractivity contribution is -0.125. The van der Waals surface area contributed by atoms with E-state index in [-0.39, 0.29) is 23.5 Å². The highest BCUT2D eigenvalue weighted by molar-refractivity contribution is 7.99. The van der Waals surface area contributed by atoms with Crippen LogP contribution >= 0.6 is 11.8 Å². The van der Waals surface area contributed by atoms with Gasteiger partial charge in [0.2, 0.25) is 11.8 Å². The Kier molecular flexibility index (Phi) is 5.74. The molecule has 1 heterocycles. The number of nitrogens with zero attached hydrogens (tertiary/aromatic N) is 1. The molecular formula is C21H22N2O4S. The van der Waals surface area contributed by atoms with Crippen molar-refractivity contribution in [2.45, 2.75) is 25.1 Å². The number of rotatable bonds is 5. The highest BCUT2D eigenvalue weighted by atomic mass is 32.2. The van der Waals surface area contributed by atoms with Crippen molar-refractivity contribution in [1.29, 1.82) is 0 Å². The number of hydrogen-bond acceptors (Lipinski definition) is 5. The molecule has 0 fully saturated rings. The van der Waals surface area contributed by atoms with Gasteiger partial charge in [-0.05, 0) is 43.7 Å². The Hall–Kier alpha value is -2.80. The molecule has 2 aromatic rings. The Morgan fingerprint density at radius 1 is 1.11 bits per heavy atom. The SMILES string of the molecule is COC(=O)c1ccc(CSCC(=O)N2c3ccccc3NC(=O)C2(C)C)cc1. The van der Waals surface area contributed by atoms with E-state index >= 15 is 0 Å². The number of methoxy groups -OCH3 is 1. The van der Waals surface area contributed by atoms with Gasteiger partial charge in [0.1, 0.15) is 5.54 Å². The van der Waals surface area contributed by atoms with Crippen LogP contribution in [0.3, 0.4) is 0 Å². The lowest BCUT2D eigenvalue weighted by atomic mass is 9.96. The number of hydrogen-bond donors (Lipinski definition) is 1. The van der Waals surface area contributed by atoms with E-state index in [4.69, 9.17) is 0 Å². The third-order valence-electron chi connectivity index (χ3n) is 4.63. The number of amides is 2. The van der Waals surface area contributed by atoms with Crippen LogP contribution in [0.15, 0.2) is 48.5 Å². The maximum absolute atomic E-state index is 13.0. The van der Waals surface area contributed by atoms with Crippen LogP contribution in [0.4, 0.5) is 11.4 Å². The molecule has 2 amide bonds. The fourth-order valence-electron chi connectivity index (χ4n) is 3.07. The summed E-state index contributed by atoms with van der Waals surface area (Å²) < 4.78 is 4.69. The van der Waals surface area contributed by atoms with Crippen LogP contribution < -0.4 is 10.2 Å². The van der Waals surface area contributed by atoms with Gasteiger partial charge < -0.3 is 10.1 Å². The number of fused-ring (bicyclic) bond motifs is 1. The number of ether oxygens (including phenoxy) is 1. The standard InChI is InChI=1S/C21H22N2O4S/c1-21(2)20(26)22-16-6-4-5-7-17(16)23(21)18(24)13-28-12-14-8-10-15(11-9-14)19(25)27-3/h4-11H,12-13H2,1-3H3,(H,22,26). The smallest absolute Gasteiger partial charge is 0.337 e. The lowest BCUT2D eigenvalue weighted by Crippen LogP contribution is -2.58. The average molecular weight is 398 g/mol. The Morgan fingerprint density at radius 2 is 1.79 bits per heavy atom. The van der Waals surface area contributed by atoms with Gasteiger partial charge in [0.05, 0.1) is 29.8 Å². The van der Waals surface area contributed by atoms with Crippen LogP contribution in [0.2, 0.25) is 0 Å². The predicted molar refractivity (Wildman–Crippen MR) is 111 cm³/mol. The number of anilines is 2. The first-order valence-corrected chi connectivity index (χ1v) is 9.98. The Balaban J connectivity index is 1.67. The molecule has 2 aromatic carbocycles. The van der Waals surface area contributed by atoms with Gasteiger partial charge in [-0.2, -0.15) is 0 Å². The van der Waals surface area contributed by atoms with E-state index < -0.39 is 5.54 Å². The van der Waals surface area contributed by atoms with Gasteiger partial charge in [-0.15, -0.1) is 11.8 Å². The molecule has 146 valence electrons. The minimum absolute atomic E-state index is 0.122. The van der Waals surface area contributed by atoms with Crippen molar-refractivity contribution in [3.63, 3.8) is 0 Å². The summed E-state index contributed by atoms with van der Waals surface area (Å²) >= 11 is 1.47. The van der Waals surface area contributed by atoms with Crippen LogP contribution in [0.25, 0.3) is 0 Å². The van der Waals surface area contributed by atoms with E-state index in [0.717, 1.165) is 5.56 Å². The molecule has 6 nitrogen and oxygen atoms in total. The molecule has 1 N–H and O–H groups in total. The summed E-state index contributed by atoms with van der Waals surface area (Å²) in [7, 11) is 1.35. The van der Waals surface area contributed by atoms with Crippen LogP contribution in [-0.2, 0) is 20.1 Å². The normalized spacial score (nSPS) is 14.8. The molecule has 0 unspecified atom stereocenters. The molecule has 1 aliphatic heterocycles. The Labute approximate surface area is 168 Å². The van der Waals surface area contributed by atoms with E-state index in [0.29, 0.717) is 22.7 Å². The summed E-state index contributed by atoms with van der Waals surface area (Å²) in [6.45, 7) is 3.48. The van der Waals surface area contributed by atoms with E-state index in [1.807, 2.05) is 30.3 Å². The Morgan fingerprint density at radius 3 is 2.46 bits per heavy atom. The molecular weight excluding hydrogens is 376 g/mol. The molecule has 28 heavy (non-hydrogen) atoms. The molecule has 3 rings (SSSR count).